The highest BCUT2D eigenvalue weighted by Crippen LogP contribution is 2.30. The number of aromatic nitrogens is 2. The summed E-state index contributed by atoms with van der Waals surface area (Å²) >= 11 is 0. The summed E-state index contributed by atoms with van der Waals surface area (Å²) in [7, 11) is 0. The summed E-state index contributed by atoms with van der Waals surface area (Å²) in [6.07, 6.45) is 0. The Kier molecular flexibility index (Phi) is 3.96. The standard InChI is InChI=1S/C21H24N2O/c1-14-9-11-16(12-10-14)18-19(21(3,4)5)22-23(20(18)24)17-8-6-7-15(2)13-17/h6-13,22H,1-5H3. The van der Waals surface area contributed by atoms with Crippen molar-refractivity contribution < 1.29 is 0 Å². The molecular weight excluding hydrogens is 296 g/mol. The van der Waals surface area contributed by atoms with Crippen LogP contribution in [0.2, 0.25) is 0 Å². The van der Waals surface area contributed by atoms with Gasteiger partial charge in [0, 0.05) is 5.41 Å². The first kappa shape index (κ1) is 16.3. The fourth-order valence-corrected chi connectivity index (χ4v) is 2.92. The molecule has 0 saturated carbocycles. The molecule has 0 saturated heterocycles. The summed E-state index contributed by atoms with van der Waals surface area (Å²) in [5.41, 5.74) is 5.68. The van der Waals surface area contributed by atoms with Crippen LogP contribution in [-0.4, -0.2) is 9.78 Å². The second kappa shape index (κ2) is 5.82. The van der Waals surface area contributed by atoms with Gasteiger partial charge in [-0.1, -0.05) is 62.7 Å². The van der Waals surface area contributed by atoms with Gasteiger partial charge in [0.25, 0.3) is 5.56 Å². The molecule has 3 aromatic rings. The third-order valence-corrected chi connectivity index (χ3v) is 4.24. The second-order valence-electron chi connectivity index (χ2n) is 7.46. The van der Waals surface area contributed by atoms with Crippen LogP contribution in [0.25, 0.3) is 16.8 Å². The molecule has 124 valence electrons. The number of nitrogens with one attached hydrogen (secondary N) is 1. The Morgan fingerprint density at radius 2 is 1.58 bits per heavy atom. The summed E-state index contributed by atoms with van der Waals surface area (Å²) in [5, 5.41) is 3.35. The SMILES string of the molecule is Cc1ccc(-c2c(C(C)(C)C)[nH]n(-c3cccc(C)c3)c2=O)cc1. The monoisotopic (exact) mass is 320 g/mol. The summed E-state index contributed by atoms with van der Waals surface area (Å²) < 4.78 is 1.66. The Hall–Kier alpha value is -2.55. The first-order chi connectivity index (χ1) is 11.3. The summed E-state index contributed by atoms with van der Waals surface area (Å²) in [5.74, 6) is 0. The third kappa shape index (κ3) is 2.94. The minimum Gasteiger partial charge on any atom is -0.294 e. The van der Waals surface area contributed by atoms with Crippen LogP contribution in [0.3, 0.4) is 0 Å². The van der Waals surface area contributed by atoms with E-state index in [0.29, 0.717) is 0 Å². The molecule has 1 N–H and O–H groups in total. The molecule has 24 heavy (non-hydrogen) atoms. The second-order valence-corrected chi connectivity index (χ2v) is 7.46. The lowest BCUT2D eigenvalue weighted by atomic mass is 9.87. The maximum Gasteiger partial charge on any atom is 0.279 e. The van der Waals surface area contributed by atoms with Crippen molar-refractivity contribution >= 4 is 0 Å². The number of aromatic amines is 1. The molecule has 3 rings (SSSR count). The van der Waals surface area contributed by atoms with E-state index in [-0.39, 0.29) is 11.0 Å². The van der Waals surface area contributed by atoms with E-state index in [0.717, 1.165) is 28.1 Å². The van der Waals surface area contributed by atoms with Crippen LogP contribution in [0.15, 0.2) is 53.3 Å². The lowest BCUT2D eigenvalue weighted by Crippen LogP contribution is -2.15. The van der Waals surface area contributed by atoms with Crippen molar-refractivity contribution in [1.82, 2.24) is 9.78 Å². The molecule has 3 heteroatoms. The maximum absolute atomic E-state index is 13.2. The van der Waals surface area contributed by atoms with Gasteiger partial charge in [0.2, 0.25) is 0 Å². The molecule has 0 aliphatic rings. The van der Waals surface area contributed by atoms with E-state index in [1.54, 1.807) is 4.68 Å². The number of hydrogen-bond donors (Lipinski definition) is 1. The van der Waals surface area contributed by atoms with Crippen LogP contribution in [0.4, 0.5) is 0 Å². The molecule has 0 bridgehead atoms. The van der Waals surface area contributed by atoms with Crippen LogP contribution in [-0.2, 0) is 5.41 Å². The molecular formula is C21H24N2O. The van der Waals surface area contributed by atoms with E-state index in [1.807, 2.05) is 55.5 Å². The molecule has 2 aromatic carbocycles. The summed E-state index contributed by atoms with van der Waals surface area (Å²) in [4.78, 5) is 13.2. The highest BCUT2D eigenvalue weighted by atomic mass is 16.1. The van der Waals surface area contributed by atoms with Crippen molar-refractivity contribution in [3.63, 3.8) is 0 Å². The Bertz CT molecular complexity index is 922. The first-order valence-electron chi connectivity index (χ1n) is 8.27. The molecule has 0 unspecified atom stereocenters. The number of benzene rings is 2. The van der Waals surface area contributed by atoms with Gasteiger partial charge in [-0.2, -0.15) is 0 Å². The van der Waals surface area contributed by atoms with Crippen LogP contribution < -0.4 is 5.56 Å². The van der Waals surface area contributed by atoms with Crippen molar-refractivity contribution in [3.8, 4) is 16.8 Å². The van der Waals surface area contributed by atoms with Crippen LogP contribution in [0.5, 0.6) is 0 Å². The smallest absolute Gasteiger partial charge is 0.279 e. The molecule has 3 nitrogen and oxygen atoms in total. The van der Waals surface area contributed by atoms with Crippen LogP contribution in [0, 0.1) is 13.8 Å². The lowest BCUT2D eigenvalue weighted by Gasteiger charge is -2.18. The topological polar surface area (TPSA) is 37.8 Å². The van der Waals surface area contributed by atoms with Crippen LogP contribution in [0.1, 0.15) is 37.6 Å². The largest absolute Gasteiger partial charge is 0.294 e. The average molecular weight is 320 g/mol. The van der Waals surface area contributed by atoms with E-state index in [1.165, 1.54) is 5.56 Å². The molecule has 0 atom stereocenters. The molecule has 0 fully saturated rings. The molecule has 1 heterocycles. The van der Waals surface area contributed by atoms with Crippen molar-refractivity contribution in [2.75, 3.05) is 0 Å². The zero-order valence-corrected chi connectivity index (χ0v) is 15.0. The fourth-order valence-electron chi connectivity index (χ4n) is 2.92. The molecule has 0 amide bonds. The Morgan fingerprint density at radius 1 is 0.917 bits per heavy atom. The Balaban J connectivity index is 2.28. The van der Waals surface area contributed by atoms with Crippen molar-refractivity contribution in [1.29, 1.82) is 0 Å². The van der Waals surface area contributed by atoms with Gasteiger partial charge in [0.1, 0.15) is 0 Å². The number of aryl methyl sites for hydroxylation is 2. The average Bonchev–Trinajstić information content (AvgIpc) is 2.86. The maximum atomic E-state index is 13.2. The molecule has 0 aliphatic heterocycles. The Morgan fingerprint density at radius 3 is 2.17 bits per heavy atom. The van der Waals surface area contributed by atoms with Crippen molar-refractivity contribution in [2.45, 2.75) is 40.0 Å². The van der Waals surface area contributed by atoms with Gasteiger partial charge >= 0.3 is 0 Å². The van der Waals surface area contributed by atoms with Crippen LogP contribution >= 0.6 is 0 Å². The highest BCUT2D eigenvalue weighted by Gasteiger charge is 2.25. The van der Waals surface area contributed by atoms with Crippen molar-refractivity contribution in [3.05, 3.63) is 75.7 Å². The number of nitrogens with zero attached hydrogens (tertiary/aromatic N) is 1. The third-order valence-electron chi connectivity index (χ3n) is 4.24. The van der Waals surface area contributed by atoms with E-state index >= 15 is 0 Å². The highest BCUT2D eigenvalue weighted by molar-refractivity contribution is 5.67. The minimum absolute atomic E-state index is 0.00521. The summed E-state index contributed by atoms with van der Waals surface area (Å²) in [6.45, 7) is 10.4. The number of H-pyrrole nitrogens is 1. The van der Waals surface area contributed by atoms with E-state index in [9.17, 15) is 4.79 Å². The molecule has 1 aromatic heterocycles. The van der Waals surface area contributed by atoms with Gasteiger partial charge in [0.05, 0.1) is 16.9 Å². The molecule has 0 aliphatic carbocycles. The predicted molar refractivity (Wildman–Crippen MR) is 100.0 cm³/mol. The Labute approximate surface area is 143 Å². The van der Waals surface area contributed by atoms with Crippen molar-refractivity contribution in [2.24, 2.45) is 0 Å². The van der Waals surface area contributed by atoms with Gasteiger partial charge in [-0.15, -0.1) is 0 Å². The van der Waals surface area contributed by atoms with Gasteiger partial charge in [-0.05, 0) is 37.1 Å². The lowest BCUT2D eigenvalue weighted by molar-refractivity contribution is 0.561. The van der Waals surface area contributed by atoms with E-state index < -0.39 is 0 Å². The zero-order valence-electron chi connectivity index (χ0n) is 15.0. The minimum atomic E-state index is -0.158. The normalized spacial score (nSPS) is 11.7. The zero-order chi connectivity index (χ0) is 17.5. The first-order valence-corrected chi connectivity index (χ1v) is 8.27. The van der Waals surface area contributed by atoms with E-state index in [4.69, 9.17) is 0 Å². The number of hydrogen-bond acceptors (Lipinski definition) is 1. The van der Waals surface area contributed by atoms with E-state index in [2.05, 4.69) is 32.8 Å². The number of rotatable bonds is 2. The van der Waals surface area contributed by atoms with Gasteiger partial charge < -0.3 is 0 Å². The molecule has 0 spiro atoms. The quantitative estimate of drug-likeness (QED) is 0.727. The van der Waals surface area contributed by atoms with Gasteiger partial charge in [-0.25, -0.2) is 4.68 Å². The predicted octanol–water partition coefficient (Wildman–Crippen LogP) is 4.75. The molecule has 0 radical (unpaired) electrons. The van der Waals surface area contributed by atoms with Gasteiger partial charge in [0.15, 0.2) is 0 Å². The van der Waals surface area contributed by atoms with Gasteiger partial charge in [-0.3, -0.25) is 9.89 Å². The summed E-state index contributed by atoms with van der Waals surface area (Å²) in [6, 6.07) is 16.1. The fraction of sp³-hybridized carbons (Fsp3) is 0.286.